The van der Waals surface area contributed by atoms with Crippen LogP contribution >= 0.6 is 0 Å². The molecule has 0 saturated heterocycles. The van der Waals surface area contributed by atoms with Crippen LogP contribution in [0.4, 0.5) is 11.5 Å². The number of nitrogens with one attached hydrogen (secondary N) is 1. The molecule has 0 fully saturated rings. The Morgan fingerprint density at radius 3 is 2.89 bits per heavy atom. The van der Waals surface area contributed by atoms with Gasteiger partial charge in [-0.3, -0.25) is 14.9 Å². The predicted octanol–water partition coefficient (Wildman–Crippen LogP) is 2.21. The Balaban J connectivity index is 2.54. The van der Waals surface area contributed by atoms with E-state index in [0.717, 1.165) is 5.56 Å². The van der Waals surface area contributed by atoms with Crippen molar-refractivity contribution in [3.05, 3.63) is 27.9 Å². The molecule has 0 saturated carbocycles. The number of nitro groups is 1. The number of anilines is 1. The molecule has 1 rings (SSSR count). The summed E-state index contributed by atoms with van der Waals surface area (Å²) in [6, 6.07) is 1.45. The number of aliphatic carboxylic acids is 1. The maximum absolute atomic E-state index is 10.9. The van der Waals surface area contributed by atoms with Crippen molar-refractivity contribution in [3.8, 4) is 0 Å². The highest BCUT2D eigenvalue weighted by molar-refractivity contribution is 5.69. The van der Waals surface area contributed by atoms with E-state index in [-0.39, 0.29) is 11.5 Å². The Kier molecular flexibility index (Phi) is 5.23. The van der Waals surface area contributed by atoms with Crippen molar-refractivity contribution in [3.63, 3.8) is 0 Å². The molecule has 0 aromatic carbocycles. The summed E-state index contributed by atoms with van der Waals surface area (Å²) in [6.45, 7) is 3.82. The molecule has 1 heterocycles. The van der Waals surface area contributed by atoms with E-state index in [2.05, 4.69) is 10.3 Å². The molecule has 0 bridgehead atoms. The molecule has 7 heteroatoms. The fraction of sp³-hybridized carbons (Fsp3) is 0.500. The van der Waals surface area contributed by atoms with Crippen LogP contribution in [-0.2, 0) is 4.79 Å². The minimum atomic E-state index is -0.834. The third-order valence-electron chi connectivity index (χ3n) is 2.73. The molecule has 0 spiro atoms. The van der Waals surface area contributed by atoms with E-state index < -0.39 is 16.8 Å². The molecule has 0 aliphatic carbocycles. The highest BCUT2D eigenvalue weighted by Crippen LogP contribution is 2.22. The smallest absolute Gasteiger partial charge is 0.311 e. The van der Waals surface area contributed by atoms with Gasteiger partial charge in [0.1, 0.15) is 0 Å². The van der Waals surface area contributed by atoms with Gasteiger partial charge in [-0.25, -0.2) is 4.98 Å². The molecule has 0 radical (unpaired) electrons. The normalized spacial score (nSPS) is 11.9. The second-order valence-corrected chi connectivity index (χ2v) is 4.45. The minimum absolute atomic E-state index is 0.0636. The van der Waals surface area contributed by atoms with E-state index in [0.29, 0.717) is 19.4 Å². The van der Waals surface area contributed by atoms with E-state index >= 15 is 0 Å². The van der Waals surface area contributed by atoms with E-state index in [1.165, 1.54) is 6.07 Å². The Hall–Kier alpha value is -2.18. The number of hydrogen-bond acceptors (Lipinski definition) is 5. The van der Waals surface area contributed by atoms with E-state index in [1.54, 1.807) is 20.0 Å². The maximum Gasteiger partial charge on any atom is 0.311 e. The first-order valence-electron chi connectivity index (χ1n) is 5.99. The number of nitrogens with zero attached hydrogens (tertiary/aromatic N) is 2. The number of carboxylic acid groups (broad SMARTS) is 1. The van der Waals surface area contributed by atoms with Crippen molar-refractivity contribution < 1.29 is 14.8 Å². The monoisotopic (exact) mass is 267 g/mol. The van der Waals surface area contributed by atoms with Gasteiger partial charge in [-0.05, 0) is 25.3 Å². The van der Waals surface area contributed by atoms with Crippen LogP contribution in [0.2, 0.25) is 0 Å². The second kappa shape index (κ2) is 6.67. The summed E-state index contributed by atoms with van der Waals surface area (Å²) in [5, 5.41) is 22.4. The van der Waals surface area contributed by atoms with Gasteiger partial charge in [-0.2, -0.15) is 0 Å². The van der Waals surface area contributed by atoms with E-state index in [4.69, 9.17) is 5.11 Å². The molecule has 2 N–H and O–H groups in total. The summed E-state index contributed by atoms with van der Waals surface area (Å²) in [7, 11) is 0. The SMILES string of the molecule is Cc1cnc(NCCCC(C)C(=O)O)c([N+](=O)[O-])c1. The van der Waals surface area contributed by atoms with Gasteiger partial charge >= 0.3 is 11.7 Å². The molecule has 0 aliphatic rings. The van der Waals surface area contributed by atoms with Crippen LogP contribution in [-0.4, -0.2) is 27.5 Å². The average molecular weight is 267 g/mol. The van der Waals surface area contributed by atoms with Crippen molar-refractivity contribution in [1.82, 2.24) is 4.98 Å². The van der Waals surface area contributed by atoms with Crippen molar-refractivity contribution >= 4 is 17.5 Å². The molecule has 1 aromatic heterocycles. The van der Waals surface area contributed by atoms with Gasteiger partial charge in [0.15, 0.2) is 0 Å². The zero-order valence-corrected chi connectivity index (χ0v) is 10.9. The first kappa shape index (κ1) is 14.9. The highest BCUT2D eigenvalue weighted by Gasteiger charge is 2.15. The Bertz CT molecular complexity index is 476. The lowest BCUT2D eigenvalue weighted by Crippen LogP contribution is -2.12. The Morgan fingerprint density at radius 2 is 2.32 bits per heavy atom. The summed E-state index contributed by atoms with van der Waals surface area (Å²) in [4.78, 5) is 25.0. The lowest BCUT2D eigenvalue weighted by atomic mass is 10.1. The number of hydrogen-bond donors (Lipinski definition) is 2. The predicted molar refractivity (Wildman–Crippen MR) is 70.2 cm³/mol. The third-order valence-corrected chi connectivity index (χ3v) is 2.73. The van der Waals surface area contributed by atoms with Crippen LogP contribution in [0.25, 0.3) is 0 Å². The molecule has 1 aromatic rings. The molecule has 19 heavy (non-hydrogen) atoms. The summed E-state index contributed by atoms with van der Waals surface area (Å²) >= 11 is 0. The van der Waals surface area contributed by atoms with Crippen molar-refractivity contribution in [2.75, 3.05) is 11.9 Å². The zero-order valence-electron chi connectivity index (χ0n) is 10.9. The molecule has 1 unspecified atom stereocenters. The first-order valence-corrected chi connectivity index (χ1v) is 5.99. The van der Waals surface area contributed by atoms with Crippen LogP contribution in [0, 0.1) is 23.0 Å². The van der Waals surface area contributed by atoms with Crippen molar-refractivity contribution in [1.29, 1.82) is 0 Å². The molecular weight excluding hydrogens is 250 g/mol. The third kappa shape index (κ3) is 4.53. The van der Waals surface area contributed by atoms with Crippen molar-refractivity contribution in [2.45, 2.75) is 26.7 Å². The standard InChI is InChI=1S/C12H17N3O4/c1-8-6-10(15(18)19)11(14-7-8)13-5-3-4-9(2)12(16)17/h6-7,9H,3-5H2,1-2H3,(H,13,14)(H,16,17). The minimum Gasteiger partial charge on any atom is -0.481 e. The van der Waals surface area contributed by atoms with Crippen LogP contribution in [0.1, 0.15) is 25.3 Å². The quantitative estimate of drug-likeness (QED) is 0.445. The average Bonchev–Trinajstić information content (AvgIpc) is 2.35. The van der Waals surface area contributed by atoms with E-state index in [9.17, 15) is 14.9 Å². The maximum atomic E-state index is 10.9. The van der Waals surface area contributed by atoms with Gasteiger partial charge in [-0.1, -0.05) is 6.92 Å². The summed E-state index contributed by atoms with van der Waals surface area (Å²) < 4.78 is 0. The van der Waals surface area contributed by atoms with Crippen LogP contribution in [0.3, 0.4) is 0 Å². The van der Waals surface area contributed by atoms with Gasteiger partial charge < -0.3 is 10.4 Å². The topological polar surface area (TPSA) is 105 Å². The molecule has 7 nitrogen and oxygen atoms in total. The van der Waals surface area contributed by atoms with Gasteiger partial charge in [0.25, 0.3) is 0 Å². The fourth-order valence-electron chi connectivity index (χ4n) is 1.57. The molecular formula is C12H17N3O4. The molecule has 1 atom stereocenters. The number of rotatable bonds is 7. The number of carboxylic acids is 1. The number of carbonyl (C=O) groups is 1. The molecule has 0 amide bonds. The molecule has 0 aliphatic heterocycles. The first-order chi connectivity index (χ1) is 8.91. The van der Waals surface area contributed by atoms with Gasteiger partial charge in [-0.15, -0.1) is 0 Å². The Labute approximate surface area is 110 Å². The Morgan fingerprint density at radius 1 is 1.63 bits per heavy atom. The van der Waals surface area contributed by atoms with Crippen LogP contribution in [0.15, 0.2) is 12.3 Å². The van der Waals surface area contributed by atoms with Crippen LogP contribution in [0.5, 0.6) is 0 Å². The zero-order chi connectivity index (χ0) is 14.4. The largest absolute Gasteiger partial charge is 0.481 e. The van der Waals surface area contributed by atoms with Gasteiger partial charge in [0.05, 0.1) is 10.8 Å². The van der Waals surface area contributed by atoms with Gasteiger partial charge in [0, 0.05) is 18.8 Å². The lowest BCUT2D eigenvalue weighted by molar-refractivity contribution is -0.384. The lowest BCUT2D eigenvalue weighted by Gasteiger charge is -2.08. The highest BCUT2D eigenvalue weighted by atomic mass is 16.6. The van der Waals surface area contributed by atoms with Gasteiger partial charge in [0.2, 0.25) is 5.82 Å². The van der Waals surface area contributed by atoms with Crippen molar-refractivity contribution in [2.24, 2.45) is 5.92 Å². The summed E-state index contributed by atoms with van der Waals surface area (Å²) in [5.74, 6) is -1.03. The summed E-state index contributed by atoms with van der Waals surface area (Å²) in [5.41, 5.74) is 0.656. The fourth-order valence-corrected chi connectivity index (χ4v) is 1.57. The second-order valence-electron chi connectivity index (χ2n) is 4.45. The van der Waals surface area contributed by atoms with E-state index in [1.807, 2.05) is 0 Å². The number of aromatic nitrogens is 1. The number of aryl methyl sites for hydroxylation is 1. The number of pyridine rings is 1. The summed E-state index contributed by atoms with van der Waals surface area (Å²) in [6.07, 6.45) is 2.68. The van der Waals surface area contributed by atoms with Crippen LogP contribution < -0.4 is 5.32 Å². The molecule has 104 valence electrons.